The molecule has 0 aromatic heterocycles. The van der Waals surface area contributed by atoms with Gasteiger partial charge in [-0.25, -0.2) is 8.78 Å². The molecule has 0 bridgehead atoms. The van der Waals surface area contributed by atoms with E-state index in [1.54, 1.807) is 6.07 Å². The minimum atomic E-state index is -0.797. The van der Waals surface area contributed by atoms with Gasteiger partial charge in [0.1, 0.15) is 0 Å². The number of hydrogen-bond donors (Lipinski definition) is 1. The molecule has 0 aliphatic carbocycles. The van der Waals surface area contributed by atoms with Crippen molar-refractivity contribution in [3.63, 3.8) is 0 Å². The lowest BCUT2D eigenvalue weighted by Crippen LogP contribution is -2.43. The Morgan fingerprint density at radius 2 is 2.00 bits per heavy atom. The summed E-state index contributed by atoms with van der Waals surface area (Å²) in [7, 11) is 1.54. The van der Waals surface area contributed by atoms with Gasteiger partial charge >= 0.3 is 0 Å². The first-order valence-electron chi connectivity index (χ1n) is 6.09. The van der Waals surface area contributed by atoms with Crippen molar-refractivity contribution in [1.29, 1.82) is 0 Å². The van der Waals surface area contributed by atoms with Crippen molar-refractivity contribution in [3.8, 4) is 0 Å². The van der Waals surface area contributed by atoms with Gasteiger partial charge in [0.15, 0.2) is 11.6 Å². The van der Waals surface area contributed by atoms with Crippen molar-refractivity contribution in [1.82, 2.24) is 10.2 Å². The van der Waals surface area contributed by atoms with Crippen LogP contribution in [0.2, 0.25) is 0 Å². The minimum Gasteiger partial charge on any atom is -0.380 e. The number of halogens is 2. The van der Waals surface area contributed by atoms with E-state index in [-0.39, 0.29) is 0 Å². The highest BCUT2D eigenvalue weighted by Crippen LogP contribution is 2.18. The van der Waals surface area contributed by atoms with Crippen LogP contribution in [0.5, 0.6) is 0 Å². The molecule has 1 aromatic carbocycles. The Morgan fingerprint density at radius 3 is 2.67 bits per heavy atom. The van der Waals surface area contributed by atoms with Gasteiger partial charge in [-0.1, -0.05) is 0 Å². The highest BCUT2D eigenvalue weighted by atomic mass is 19.2. The number of ether oxygens (including phenoxy) is 1. The van der Waals surface area contributed by atoms with Crippen molar-refractivity contribution in [2.45, 2.75) is 13.2 Å². The normalized spacial score (nSPS) is 17.1. The molecule has 0 saturated carbocycles. The average molecular weight is 256 g/mol. The van der Waals surface area contributed by atoms with E-state index in [1.807, 2.05) is 0 Å². The first-order valence-corrected chi connectivity index (χ1v) is 6.09. The van der Waals surface area contributed by atoms with Crippen LogP contribution >= 0.6 is 0 Å². The van der Waals surface area contributed by atoms with Crippen LogP contribution in [-0.2, 0) is 17.9 Å². The summed E-state index contributed by atoms with van der Waals surface area (Å²) in [6, 6.07) is 2.88. The molecule has 0 amide bonds. The highest BCUT2D eigenvalue weighted by molar-refractivity contribution is 5.26. The van der Waals surface area contributed by atoms with Gasteiger partial charge in [-0.3, -0.25) is 4.90 Å². The smallest absolute Gasteiger partial charge is 0.163 e. The van der Waals surface area contributed by atoms with Gasteiger partial charge in [0, 0.05) is 45.4 Å². The van der Waals surface area contributed by atoms with Crippen molar-refractivity contribution in [2.75, 3.05) is 33.3 Å². The number of nitrogens with one attached hydrogen (secondary N) is 1. The summed E-state index contributed by atoms with van der Waals surface area (Å²) in [5.41, 5.74) is 1.07. The molecule has 0 spiro atoms. The zero-order chi connectivity index (χ0) is 13.0. The third-order valence-corrected chi connectivity index (χ3v) is 3.08. The number of piperazine rings is 1. The topological polar surface area (TPSA) is 24.5 Å². The largest absolute Gasteiger partial charge is 0.380 e. The molecule has 0 atom stereocenters. The summed E-state index contributed by atoms with van der Waals surface area (Å²) in [5, 5.41) is 3.23. The second kappa shape index (κ2) is 6.22. The first kappa shape index (κ1) is 13.4. The lowest BCUT2D eigenvalue weighted by molar-refractivity contribution is 0.184. The van der Waals surface area contributed by atoms with Gasteiger partial charge in [-0.05, 0) is 17.7 Å². The lowest BCUT2D eigenvalue weighted by Gasteiger charge is -2.27. The van der Waals surface area contributed by atoms with Gasteiger partial charge in [-0.15, -0.1) is 0 Å². The van der Waals surface area contributed by atoms with Gasteiger partial charge in [0.05, 0.1) is 6.61 Å². The predicted molar refractivity (Wildman–Crippen MR) is 65.2 cm³/mol. The van der Waals surface area contributed by atoms with E-state index in [2.05, 4.69) is 10.2 Å². The molecular weight excluding hydrogens is 238 g/mol. The Hall–Kier alpha value is -1.04. The third-order valence-electron chi connectivity index (χ3n) is 3.08. The van der Waals surface area contributed by atoms with Gasteiger partial charge in [0.25, 0.3) is 0 Å². The van der Waals surface area contributed by atoms with Crippen LogP contribution in [0.15, 0.2) is 12.1 Å². The molecule has 5 heteroatoms. The maximum Gasteiger partial charge on any atom is 0.163 e. The predicted octanol–water partition coefficient (Wildman–Crippen LogP) is 1.52. The molecule has 3 nitrogen and oxygen atoms in total. The Balaban J connectivity index is 2.14. The Bertz CT molecular complexity index is 406. The Kier molecular flexibility index (Phi) is 4.63. The minimum absolute atomic E-state index is 0.297. The van der Waals surface area contributed by atoms with Gasteiger partial charge in [0.2, 0.25) is 0 Å². The standard InChI is InChI=1S/C13H18F2N2O/c1-18-9-10-6-11(13(15)12(14)7-10)8-17-4-2-16-3-5-17/h6-7,16H,2-5,8-9H2,1H3. The molecule has 1 fully saturated rings. The number of nitrogens with zero attached hydrogens (tertiary/aromatic N) is 1. The van der Waals surface area contributed by atoms with Gasteiger partial charge in [-0.2, -0.15) is 0 Å². The van der Waals surface area contributed by atoms with Crippen LogP contribution in [0.3, 0.4) is 0 Å². The van der Waals surface area contributed by atoms with E-state index in [4.69, 9.17) is 4.74 Å². The summed E-state index contributed by atoms with van der Waals surface area (Å²) < 4.78 is 32.1. The average Bonchev–Trinajstić information content (AvgIpc) is 2.37. The molecule has 2 rings (SSSR count). The number of benzene rings is 1. The van der Waals surface area contributed by atoms with Crippen molar-refractivity contribution in [3.05, 3.63) is 34.9 Å². The number of hydrogen-bond acceptors (Lipinski definition) is 3. The van der Waals surface area contributed by atoms with E-state index in [9.17, 15) is 8.78 Å². The monoisotopic (exact) mass is 256 g/mol. The lowest BCUT2D eigenvalue weighted by atomic mass is 10.1. The Morgan fingerprint density at radius 1 is 1.28 bits per heavy atom. The van der Waals surface area contributed by atoms with Crippen LogP contribution in [0.4, 0.5) is 8.78 Å². The van der Waals surface area contributed by atoms with Crippen LogP contribution in [-0.4, -0.2) is 38.2 Å². The molecule has 1 heterocycles. The van der Waals surface area contributed by atoms with Gasteiger partial charge < -0.3 is 10.1 Å². The molecule has 18 heavy (non-hydrogen) atoms. The SMILES string of the molecule is COCc1cc(F)c(F)c(CN2CCNCC2)c1. The second-order valence-electron chi connectivity index (χ2n) is 4.51. The van der Waals surface area contributed by atoms with Crippen LogP contribution in [0.25, 0.3) is 0 Å². The van der Waals surface area contributed by atoms with E-state index in [1.165, 1.54) is 13.2 Å². The van der Waals surface area contributed by atoms with Crippen molar-refractivity contribution >= 4 is 0 Å². The van der Waals surface area contributed by atoms with Crippen LogP contribution < -0.4 is 5.32 Å². The maximum atomic E-state index is 13.7. The molecule has 1 aliphatic heterocycles. The van der Waals surface area contributed by atoms with Crippen LogP contribution in [0.1, 0.15) is 11.1 Å². The fourth-order valence-electron chi connectivity index (χ4n) is 2.18. The van der Waals surface area contributed by atoms with E-state index < -0.39 is 11.6 Å². The number of methoxy groups -OCH3 is 1. The zero-order valence-electron chi connectivity index (χ0n) is 10.5. The molecule has 100 valence electrons. The van der Waals surface area contributed by atoms with Crippen molar-refractivity contribution in [2.24, 2.45) is 0 Å². The molecule has 1 saturated heterocycles. The third kappa shape index (κ3) is 3.25. The maximum absolute atomic E-state index is 13.7. The first-order chi connectivity index (χ1) is 8.70. The van der Waals surface area contributed by atoms with E-state index in [0.717, 1.165) is 26.2 Å². The molecule has 1 N–H and O–H groups in total. The molecule has 0 radical (unpaired) electrons. The molecular formula is C13H18F2N2O. The second-order valence-corrected chi connectivity index (χ2v) is 4.51. The molecule has 0 unspecified atom stereocenters. The van der Waals surface area contributed by atoms with E-state index in [0.29, 0.717) is 24.3 Å². The fraction of sp³-hybridized carbons (Fsp3) is 0.538. The van der Waals surface area contributed by atoms with Crippen molar-refractivity contribution < 1.29 is 13.5 Å². The number of rotatable bonds is 4. The zero-order valence-corrected chi connectivity index (χ0v) is 10.5. The summed E-state index contributed by atoms with van der Waals surface area (Å²) in [6.45, 7) is 4.24. The Labute approximate surface area is 106 Å². The fourth-order valence-corrected chi connectivity index (χ4v) is 2.18. The highest BCUT2D eigenvalue weighted by Gasteiger charge is 2.15. The van der Waals surface area contributed by atoms with Crippen LogP contribution in [0, 0.1) is 11.6 Å². The summed E-state index contributed by atoms with van der Waals surface area (Å²) in [6.07, 6.45) is 0. The summed E-state index contributed by atoms with van der Waals surface area (Å²) in [4.78, 5) is 2.12. The molecule has 1 aliphatic rings. The van der Waals surface area contributed by atoms with E-state index >= 15 is 0 Å². The summed E-state index contributed by atoms with van der Waals surface area (Å²) in [5.74, 6) is -1.54. The summed E-state index contributed by atoms with van der Waals surface area (Å²) >= 11 is 0. The quantitative estimate of drug-likeness (QED) is 0.884. The molecule has 1 aromatic rings.